The molecule has 1 spiro atoms. The summed E-state index contributed by atoms with van der Waals surface area (Å²) in [4.78, 5) is 0. The van der Waals surface area contributed by atoms with Crippen molar-refractivity contribution in [2.24, 2.45) is 5.41 Å². The van der Waals surface area contributed by atoms with Gasteiger partial charge in [0.15, 0.2) is 0 Å². The number of hydrogen-bond acceptors (Lipinski definition) is 2. The van der Waals surface area contributed by atoms with Gasteiger partial charge in [-0.05, 0) is 30.7 Å². The molecule has 0 amide bonds. The van der Waals surface area contributed by atoms with Crippen molar-refractivity contribution < 1.29 is 0 Å². The molecule has 0 unspecified atom stereocenters. The minimum atomic E-state index is 0.567. The Labute approximate surface area is 84.3 Å². The van der Waals surface area contributed by atoms with Gasteiger partial charge in [0.2, 0.25) is 0 Å². The van der Waals surface area contributed by atoms with Gasteiger partial charge in [0.25, 0.3) is 0 Å². The SMILES string of the molecule is Cc1cn[nH]c1[C@@H]1CNCC12CCC2. The Morgan fingerprint density at radius 3 is 2.93 bits per heavy atom. The van der Waals surface area contributed by atoms with Crippen molar-refractivity contribution in [3.63, 3.8) is 0 Å². The molecule has 2 N–H and O–H groups in total. The van der Waals surface area contributed by atoms with Gasteiger partial charge in [-0.2, -0.15) is 5.10 Å². The van der Waals surface area contributed by atoms with Crippen molar-refractivity contribution in [1.82, 2.24) is 15.5 Å². The van der Waals surface area contributed by atoms with E-state index in [0.717, 1.165) is 6.54 Å². The van der Waals surface area contributed by atoms with E-state index in [1.165, 1.54) is 37.1 Å². The van der Waals surface area contributed by atoms with Crippen LogP contribution in [-0.2, 0) is 0 Å². The fourth-order valence-corrected chi connectivity index (χ4v) is 3.08. The first kappa shape index (κ1) is 8.48. The smallest absolute Gasteiger partial charge is 0.0519 e. The van der Waals surface area contributed by atoms with E-state index in [9.17, 15) is 0 Å². The molecular weight excluding hydrogens is 174 g/mol. The zero-order valence-electron chi connectivity index (χ0n) is 8.64. The molecule has 2 fully saturated rings. The van der Waals surface area contributed by atoms with Crippen molar-refractivity contribution in [2.45, 2.75) is 32.1 Å². The largest absolute Gasteiger partial charge is 0.315 e. The third-order valence-electron chi connectivity index (χ3n) is 4.13. The molecule has 3 heteroatoms. The third kappa shape index (κ3) is 0.989. The van der Waals surface area contributed by atoms with Crippen molar-refractivity contribution in [1.29, 1.82) is 0 Å². The Balaban J connectivity index is 1.94. The molecule has 14 heavy (non-hydrogen) atoms. The summed E-state index contributed by atoms with van der Waals surface area (Å²) in [5.41, 5.74) is 3.26. The normalized spacial score (nSPS) is 29.4. The molecule has 2 aliphatic rings. The van der Waals surface area contributed by atoms with Crippen LogP contribution in [0.2, 0.25) is 0 Å². The Bertz CT molecular complexity index is 338. The van der Waals surface area contributed by atoms with Crippen molar-refractivity contribution in [2.75, 3.05) is 13.1 Å². The monoisotopic (exact) mass is 191 g/mol. The lowest BCUT2D eigenvalue weighted by molar-refractivity contribution is 0.135. The van der Waals surface area contributed by atoms with Gasteiger partial charge in [-0.1, -0.05) is 6.42 Å². The fourth-order valence-electron chi connectivity index (χ4n) is 3.08. The molecule has 0 bridgehead atoms. The van der Waals surface area contributed by atoms with E-state index in [-0.39, 0.29) is 0 Å². The van der Waals surface area contributed by atoms with E-state index >= 15 is 0 Å². The molecular formula is C11H17N3. The van der Waals surface area contributed by atoms with Gasteiger partial charge >= 0.3 is 0 Å². The summed E-state index contributed by atoms with van der Waals surface area (Å²) in [6.45, 7) is 4.49. The summed E-state index contributed by atoms with van der Waals surface area (Å²) >= 11 is 0. The van der Waals surface area contributed by atoms with E-state index in [2.05, 4.69) is 22.4 Å². The summed E-state index contributed by atoms with van der Waals surface area (Å²) in [7, 11) is 0. The fraction of sp³-hybridized carbons (Fsp3) is 0.727. The highest BCUT2D eigenvalue weighted by Crippen LogP contribution is 2.53. The number of aromatic nitrogens is 2. The highest BCUT2D eigenvalue weighted by atomic mass is 15.1. The number of nitrogens with one attached hydrogen (secondary N) is 2. The first-order chi connectivity index (χ1) is 6.82. The molecule has 3 rings (SSSR count). The number of hydrogen-bond donors (Lipinski definition) is 2. The molecule has 1 aliphatic heterocycles. The van der Waals surface area contributed by atoms with Crippen LogP contribution in [0.5, 0.6) is 0 Å². The van der Waals surface area contributed by atoms with Crippen LogP contribution in [0.25, 0.3) is 0 Å². The standard InChI is InChI=1S/C11H17N3/c1-8-5-13-14-10(8)9-6-12-7-11(9)3-2-4-11/h5,9,12H,2-4,6-7H2,1H3,(H,13,14)/t9-/m0/s1. The number of aromatic amines is 1. The lowest BCUT2D eigenvalue weighted by Gasteiger charge is -2.42. The van der Waals surface area contributed by atoms with Crippen LogP contribution in [0.1, 0.15) is 36.4 Å². The van der Waals surface area contributed by atoms with Crippen molar-refractivity contribution >= 4 is 0 Å². The molecule has 1 aliphatic carbocycles. The van der Waals surface area contributed by atoms with E-state index in [4.69, 9.17) is 0 Å². The Kier molecular flexibility index (Phi) is 1.71. The van der Waals surface area contributed by atoms with E-state index < -0.39 is 0 Å². The molecule has 1 aromatic heterocycles. The molecule has 3 nitrogen and oxygen atoms in total. The van der Waals surface area contributed by atoms with Crippen LogP contribution in [0.3, 0.4) is 0 Å². The van der Waals surface area contributed by atoms with Crippen LogP contribution >= 0.6 is 0 Å². The second-order valence-corrected chi connectivity index (χ2v) is 4.87. The molecule has 1 saturated carbocycles. The van der Waals surface area contributed by atoms with Gasteiger partial charge in [0, 0.05) is 24.7 Å². The molecule has 1 atom stereocenters. The number of nitrogens with zero attached hydrogens (tertiary/aromatic N) is 1. The molecule has 0 aromatic carbocycles. The Hall–Kier alpha value is -0.830. The summed E-state index contributed by atoms with van der Waals surface area (Å²) in [6, 6.07) is 0. The quantitative estimate of drug-likeness (QED) is 0.707. The van der Waals surface area contributed by atoms with Crippen molar-refractivity contribution in [3.8, 4) is 0 Å². The van der Waals surface area contributed by atoms with Crippen LogP contribution < -0.4 is 5.32 Å². The molecule has 1 saturated heterocycles. The molecule has 2 heterocycles. The van der Waals surface area contributed by atoms with Gasteiger partial charge in [0.1, 0.15) is 0 Å². The van der Waals surface area contributed by atoms with Gasteiger partial charge in [-0.3, -0.25) is 5.10 Å². The zero-order chi connectivity index (χ0) is 9.60. The summed E-state index contributed by atoms with van der Waals surface area (Å²) < 4.78 is 0. The van der Waals surface area contributed by atoms with Gasteiger partial charge in [-0.15, -0.1) is 0 Å². The predicted molar refractivity (Wildman–Crippen MR) is 55.2 cm³/mol. The minimum absolute atomic E-state index is 0.567. The highest BCUT2D eigenvalue weighted by molar-refractivity contribution is 5.25. The maximum absolute atomic E-state index is 4.14. The van der Waals surface area contributed by atoms with Crippen LogP contribution in [0.4, 0.5) is 0 Å². The third-order valence-corrected chi connectivity index (χ3v) is 4.13. The van der Waals surface area contributed by atoms with Gasteiger partial charge in [0.05, 0.1) is 6.20 Å². The first-order valence-corrected chi connectivity index (χ1v) is 5.52. The lowest BCUT2D eigenvalue weighted by Crippen LogP contribution is -2.36. The molecule has 1 aromatic rings. The molecule has 76 valence electrons. The van der Waals surface area contributed by atoms with Gasteiger partial charge < -0.3 is 5.32 Å². The van der Waals surface area contributed by atoms with E-state index in [1.807, 2.05) is 6.20 Å². The summed E-state index contributed by atoms with van der Waals surface area (Å²) in [5.74, 6) is 0.679. The number of H-pyrrole nitrogens is 1. The van der Waals surface area contributed by atoms with Crippen LogP contribution in [-0.4, -0.2) is 23.3 Å². The van der Waals surface area contributed by atoms with E-state index in [0.29, 0.717) is 11.3 Å². The van der Waals surface area contributed by atoms with Crippen molar-refractivity contribution in [3.05, 3.63) is 17.5 Å². The molecule has 0 radical (unpaired) electrons. The Morgan fingerprint density at radius 1 is 1.50 bits per heavy atom. The zero-order valence-corrected chi connectivity index (χ0v) is 8.64. The predicted octanol–water partition coefficient (Wildman–Crippen LogP) is 1.58. The second-order valence-electron chi connectivity index (χ2n) is 4.87. The topological polar surface area (TPSA) is 40.7 Å². The average Bonchev–Trinajstić information content (AvgIpc) is 2.67. The minimum Gasteiger partial charge on any atom is -0.315 e. The average molecular weight is 191 g/mol. The van der Waals surface area contributed by atoms with E-state index in [1.54, 1.807) is 0 Å². The first-order valence-electron chi connectivity index (χ1n) is 5.52. The maximum atomic E-state index is 4.14. The number of aryl methyl sites for hydroxylation is 1. The summed E-state index contributed by atoms with van der Waals surface area (Å²) in [5, 5.41) is 10.9. The maximum Gasteiger partial charge on any atom is 0.0519 e. The van der Waals surface area contributed by atoms with Crippen LogP contribution in [0, 0.1) is 12.3 Å². The van der Waals surface area contributed by atoms with Gasteiger partial charge in [-0.25, -0.2) is 0 Å². The summed E-state index contributed by atoms with van der Waals surface area (Å²) in [6.07, 6.45) is 6.14. The second kappa shape index (κ2) is 2.83. The highest BCUT2D eigenvalue weighted by Gasteiger charge is 2.48. The Morgan fingerprint density at radius 2 is 2.36 bits per heavy atom. The number of rotatable bonds is 1. The lowest BCUT2D eigenvalue weighted by atomic mass is 9.62. The van der Waals surface area contributed by atoms with Crippen LogP contribution in [0.15, 0.2) is 6.20 Å².